The van der Waals surface area contributed by atoms with Gasteiger partial charge < -0.3 is 5.32 Å². The Morgan fingerprint density at radius 1 is 1.44 bits per heavy atom. The van der Waals surface area contributed by atoms with Crippen LogP contribution in [0.5, 0.6) is 0 Å². The van der Waals surface area contributed by atoms with Gasteiger partial charge in [-0.1, -0.05) is 13.3 Å². The topological polar surface area (TPSA) is 42.0 Å². The predicted molar refractivity (Wildman–Crippen MR) is 77.7 cm³/mol. The molecule has 3 nitrogen and oxygen atoms in total. The van der Waals surface area contributed by atoms with E-state index < -0.39 is 0 Å². The fraction of sp³-hybridized carbons (Fsp3) is 0.692. The zero-order valence-electron chi connectivity index (χ0n) is 11.3. The predicted octanol–water partition coefficient (Wildman–Crippen LogP) is 3.53. The standard InChI is InChI=1S/C13H21ClN2OS/c1-4-5-11(6-7-14)8-15-13(17)12-9(2)16-10(3)18-12/h11H,4-8H2,1-3H3,(H,15,17). The third-order valence-electron chi connectivity index (χ3n) is 2.88. The summed E-state index contributed by atoms with van der Waals surface area (Å²) in [7, 11) is 0. The van der Waals surface area contributed by atoms with Crippen LogP contribution in [-0.4, -0.2) is 23.3 Å². The summed E-state index contributed by atoms with van der Waals surface area (Å²) in [4.78, 5) is 17.0. The molecule has 1 atom stereocenters. The van der Waals surface area contributed by atoms with Crippen molar-refractivity contribution in [2.24, 2.45) is 5.92 Å². The molecule has 1 N–H and O–H groups in total. The molecule has 0 saturated carbocycles. The van der Waals surface area contributed by atoms with E-state index >= 15 is 0 Å². The van der Waals surface area contributed by atoms with Crippen molar-refractivity contribution in [2.75, 3.05) is 12.4 Å². The van der Waals surface area contributed by atoms with Crippen LogP contribution in [0.1, 0.15) is 46.6 Å². The summed E-state index contributed by atoms with van der Waals surface area (Å²) >= 11 is 7.22. The second-order valence-corrected chi connectivity index (χ2v) is 6.07. The van der Waals surface area contributed by atoms with Gasteiger partial charge in [0.1, 0.15) is 4.88 Å². The highest BCUT2D eigenvalue weighted by Crippen LogP contribution is 2.17. The number of hydrogen-bond donors (Lipinski definition) is 1. The summed E-state index contributed by atoms with van der Waals surface area (Å²) in [5.74, 6) is 1.12. The van der Waals surface area contributed by atoms with E-state index in [1.807, 2.05) is 13.8 Å². The van der Waals surface area contributed by atoms with Crippen molar-refractivity contribution in [1.29, 1.82) is 0 Å². The summed E-state index contributed by atoms with van der Waals surface area (Å²) in [6.07, 6.45) is 3.18. The largest absolute Gasteiger partial charge is 0.351 e. The van der Waals surface area contributed by atoms with Crippen LogP contribution in [0.15, 0.2) is 0 Å². The van der Waals surface area contributed by atoms with Gasteiger partial charge in [-0.25, -0.2) is 4.98 Å². The maximum atomic E-state index is 12.0. The van der Waals surface area contributed by atoms with Crippen LogP contribution in [-0.2, 0) is 0 Å². The van der Waals surface area contributed by atoms with Crippen molar-refractivity contribution < 1.29 is 4.79 Å². The van der Waals surface area contributed by atoms with E-state index in [-0.39, 0.29) is 5.91 Å². The summed E-state index contributed by atoms with van der Waals surface area (Å²) in [5, 5.41) is 3.93. The molecule has 1 unspecified atom stereocenters. The first kappa shape index (κ1) is 15.4. The van der Waals surface area contributed by atoms with Gasteiger partial charge >= 0.3 is 0 Å². The Balaban J connectivity index is 2.51. The average molecular weight is 289 g/mol. The van der Waals surface area contributed by atoms with Crippen LogP contribution in [0, 0.1) is 19.8 Å². The van der Waals surface area contributed by atoms with Gasteiger partial charge in [0.25, 0.3) is 5.91 Å². The first-order valence-electron chi connectivity index (χ1n) is 6.36. The average Bonchev–Trinajstić information content (AvgIpc) is 2.65. The van der Waals surface area contributed by atoms with Gasteiger partial charge in [0.2, 0.25) is 0 Å². The Morgan fingerprint density at radius 2 is 2.17 bits per heavy atom. The highest BCUT2D eigenvalue weighted by molar-refractivity contribution is 7.13. The Bertz CT molecular complexity index is 386. The number of amides is 1. The van der Waals surface area contributed by atoms with E-state index in [4.69, 9.17) is 11.6 Å². The minimum atomic E-state index is -0.00576. The molecule has 1 aromatic rings. The molecule has 0 bridgehead atoms. The molecule has 1 heterocycles. The van der Waals surface area contributed by atoms with E-state index in [1.54, 1.807) is 0 Å². The number of thiazole rings is 1. The number of halogens is 1. The van der Waals surface area contributed by atoms with Crippen LogP contribution in [0.25, 0.3) is 0 Å². The quantitative estimate of drug-likeness (QED) is 0.780. The van der Waals surface area contributed by atoms with Crippen molar-refractivity contribution in [1.82, 2.24) is 10.3 Å². The molecule has 0 saturated heterocycles. The van der Waals surface area contributed by atoms with E-state index in [1.165, 1.54) is 11.3 Å². The van der Waals surface area contributed by atoms with Crippen LogP contribution in [0.3, 0.4) is 0 Å². The normalized spacial score (nSPS) is 12.4. The number of rotatable bonds is 7. The van der Waals surface area contributed by atoms with E-state index in [0.29, 0.717) is 18.3 Å². The smallest absolute Gasteiger partial charge is 0.263 e. The summed E-state index contributed by atoms with van der Waals surface area (Å²) in [6.45, 7) is 6.65. The monoisotopic (exact) mass is 288 g/mol. The molecule has 0 radical (unpaired) electrons. The molecule has 18 heavy (non-hydrogen) atoms. The molecular weight excluding hydrogens is 268 g/mol. The number of hydrogen-bond acceptors (Lipinski definition) is 3. The maximum Gasteiger partial charge on any atom is 0.263 e. The molecule has 102 valence electrons. The molecule has 0 aliphatic carbocycles. The minimum absolute atomic E-state index is 0.00576. The van der Waals surface area contributed by atoms with Crippen LogP contribution >= 0.6 is 22.9 Å². The lowest BCUT2D eigenvalue weighted by molar-refractivity contribution is 0.0949. The summed E-state index contributed by atoms with van der Waals surface area (Å²) < 4.78 is 0. The van der Waals surface area contributed by atoms with Gasteiger partial charge in [-0.15, -0.1) is 22.9 Å². The van der Waals surface area contributed by atoms with Crippen molar-refractivity contribution in [3.8, 4) is 0 Å². The van der Waals surface area contributed by atoms with Crippen molar-refractivity contribution in [3.05, 3.63) is 15.6 Å². The molecular formula is C13H21ClN2OS. The molecule has 0 fully saturated rings. The highest BCUT2D eigenvalue weighted by Gasteiger charge is 2.15. The van der Waals surface area contributed by atoms with Crippen molar-refractivity contribution in [3.63, 3.8) is 0 Å². The number of nitrogens with one attached hydrogen (secondary N) is 1. The fourth-order valence-electron chi connectivity index (χ4n) is 1.97. The van der Waals surface area contributed by atoms with Crippen LogP contribution in [0.4, 0.5) is 0 Å². The lowest BCUT2D eigenvalue weighted by Gasteiger charge is -2.15. The molecule has 1 aromatic heterocycles. The Hall–Kier alpha value is -0.610. The highest BCUT2D eigenvalue weighted by atomic mass is 35.5. The molecule has 0 aliphatic heterocycles. The zero-order valence-corrected chi connectivity index (χ0v) is 12.8. The van der Waals surface area contributed by atoms with E-state index in [0.717, 1.165) is 34.8 Å². The Morgan fingerprint density at radius 3 is 2.67 bits per heavy atom. The van der Waals surface area contributed by atoms with Gasteiger partial charge in [0, 0.05) is 12.4 Å². The second-order valence-electron chi connectivity index (χ2n) is 4.49. The van der Waals surface area contributed by atoms with Gasteiger partial charge in [-0.05, 0) is 32.6 Å². The van der Waals surface area contributed by atoms with Gasteiger partial charge in [0.15, 0.2) is 0 Å². The Kier molecular flexibility index (Phi) is 6.65. The maximum absolute atomic E-state index is 12.0. The summed E-state index contributed by atoms with van der Waals surface area (Å²) in [5.41, 5.74) is 0.819. The first-order chi connectivity index (χ1) is 8.58. The van der Waals surface area contributed by atoms with E-state index in [2.05, 4.69) is 17.2 Å². The summed E-state index contributed by atoms with van der Waals surface area (Å²) in [6, 6.07) is 0. The number of aromatic nitrogens is 1. The van der Waals surface area contributed by atoms with Crippen molar-refractivity contribution >= 4 is 28.8 Å². The van der Waals surface area contributed by atoms with Gasteiger partial charge in [-0.3, -0.25) is 4.79 Å². The zero-order chi connectivity index (χ0) is 13.5. The molecule has 0 aliphatic rings. The molecule has 5 heteroatoms. The SMILES string of the molecule is CCCC(CCCl)CNC(=O)c1sc(C)nc1C. The number of nitrogens with zero attached hydrogens (tertiary/aromatic N) is 1. The van der Waals surface area contributed by atoms with Gasteiger partial charge in [-0.2, -0.15) is 0 Å². The lowest BCUT2D eigenvalue weighted by atomic mass is 10.0. The lowest BCUT2D eigenvalue weighted by Crippen LogP contribution is -2.29. The molecule has 0 spiro atoms. The third kappa shape index (κ3) is 4.58. The number of alkyl halides is 1. The molecule has 1 rings (SSSR count). The fourth-order valence-corrected chi connectivity index (χ4v) is 3.12. The van der Waals surface area contributed by atoms with Crippen LogP contribution in [0.2, 0.25) is 0 Å². The number of carbonyl (C=O) groups excluding carboxylic acids is 1. The second kappa shape index (κ2) is 7.74. The molecule has 0 aromatic carbocycles. The van der Waals surface area contributed by atoms with Gasteiger partial charge in [0.05, 0.1) is 10.7 Å². The first-order valence-corrected chi connectivity index (χ1v) is 7.71. The van der Waals surface area contributed by atoms with Crippen molar-refractivity contribution in [2.45, 2.75) is 40.0 Å². The van der Waals surface area contributed by atoms with E-state index in [9.17, 15) is 4.79 Å². The minimum Gasteiger partial charge on any atom is -0.351 e. The number of carbonyl (C=O) groups is 1. The number of aryl methyl sites for hydroxylation is 2. The Labute approximate surface area is 118 Å². The molecule has 1 amide bonds. The van der Waals surface area contributed by atoms with Crippen LogP contribution < -0.4 is 5.32 Å². The third-order valence-corrected chi connectivity index (χ3v) is 4.17.